The van der Waals surface area contributed by atoms with Gasteiger partial charge in [-0.1, -0.05) is 51.8 Å². The fourth-order valence-electron chi connectivity index (χ4n) is 4.62. The van der Waals surface area contributed by atoms with E-state index in [9.17, 15) is 33.9 Å². The summed E-state index contributed by atoms with van der Waals surface area (Å²) in [7, 11) is 0. The fraction of sp³-hybridized carbons (Fsp3) is 0.562. The molecule has 0 aliphatic carbocycles. The quantitative estimate of drug-likeness (QED) is 0.116. The zero-order valence-electron chi connectivity index (χ0n) is 26.9. The molecule has 0 fully saturated rings. The molecule has 0 saturated heterocycles. The summed E-state index contributed by atoms with van der Waals surface area (Å²) in [5.41, 5.74) is 0.286. The van der Waals surface area contributed by atoms with Gasteiger partial charge in [-0.25, -0.2) is 9.59 Å². The van der Waals surface area contributed by atoms with Crippen LogP contribution < -0.4 is 16.0 Å². The van der Waals surface area contributed by atoms with E-state index in [1.54, 1.807) is 45.0 Å². The number of carboxylic acids is 1. The van der Waals surface area contributed by atoms with E-state index in [2.05, 4.69) is 16.0 Å². The van der Waals surface area contributed by atoms with Gasteiger partial charge in [0.1, 0.15) is 23.7 Å². The third kappa shape index (κ3) is 12.2. The third-order valence-electron chi connectivity index (χ3n) is 6.70. The number of hydrogen-bond acceptors (Lipinski definition) is 8. The average molecular weight is 631 g/mol. The molecule has 1 aromatic carbocycles. The maximum absolute atomic E-state index is 13.6. The summed E-state index contributed by atoms with van der Waals surface area (Å²) in [4.78, 5) is 75.8. The number of aromatic nitrogens is 1. The first-order chi connectivity index (χ1) is 21.1. The molecule has 13 nitrogen and oxygen atoms in total. The number of unbranched alkanes of at least 4 members (excludes halogenated alkanes) is 2. The summed E-state index contributed by atoms with van der Waals surface area (Å²) in [6.07, 6.45) is 3.16. The van der Waals surface area contributed by atoms with Crippen LogP contribution in [0.2, 0.25) is 0 Å². The number of para-hydroxylation sites is 1. The number of carboxylic acid groups (broad SMARTS) is 1. The molecule has 3 amide bonds. The number of carbonyl (C=O) groups excluding carboxylic acids is 5. The van der Waals surface area contributed by atoms with Crippen LogP contribution in [0.1, 0.15) is 79.2 Å². The van der Waals surface area contributed by atoms with Gasteiger partial charge in [0.25, 0.3) is 0 Å². The van der Waals surface area contributed by atoms with Crippen LogP contribution in [0.25, 0.3) is 10.9 Å². The molecule has 3 atom stereocenters. The first-order valence-corrected chi connectivity index (χ1v) is 15.2. The first kappa shape index (κ1) is 36.8. The Labute approximate surface area is 263 Å². The van der Waals surface area contributed by atoms with Crippen LogP contribution >= 0.6 is 0 Å². The van der Waals surface area contributed by atoms with Gasteiger partial charge in [0.15, 0.2) is 0 Å². The van der Waals surface area contributed by atoms with Crippen molar-refractivity contribution in [1.29, 1.82) is 0 Å². The minimum atomic E-state index is -1.63. The predicted octanol–water partition coefficient (Wildman–Crippen LogP) is 3.34. The smallest absolute Gasteiger partial charge is 0.408 e. The van der Waals surface area contributed by atoms with E-state index in [0.717, 1.165) is 12.8 Å². The highest BCUT2D eigenvalue weighted by molar-refractivity contribution is 5.95. The highest BCUT2D eigenvalue weighted by atomic mass is 16.6. The van der Waals surface area contributed by atoms with Crippen LogP contribution in [0.15, 0.2) is 30.5 Å². The fourth-order valence-corrected chi connectivity index (χ4v) is 4.62. The molecular weight excluding hydrogens is 584 g/mol. The number of rotatable bonds is 17. The van der Waals surface area contributed by atoms with E-state index in [1.165, 1.54) is 10.8 Å². The number of aliphatic carboxylic acids is 1. The Morgan fingerprint density at radius 1 is 0.956 bits per heavy atom. The Kier molecular flexibility index (Phi) is 14.0. The molecule has 0 bridgehead atoms. The van der Waals surface area contributed by atoms with Crippen molar-refractivity contribution in [2.24, 2.45) is 5.92 Å². The van der Waals surface area contributed by atoms with Gasteiger partial charge in [-0.3, -0.25) is 23.7 Å². The van der Waals surface area contributed by atoms with Crippen molar-refractivity contribution in [3.63, 3.8) is 0 Å². The lowest BCUT2D eigenvalue weighted by molar-refractivity contribution is -0.150. The van der Waals surface area contributed by atoms with Gasteiger partial charge in [-0.15, -0.1) is 0 Å². The molecule has 3 unspecified atom stereocenters. The number of carbonyl (C=O) groups is 6. The lowest BCUT2D eigenvalue weighted by atomic mass is 10.0. The van der Waals surface area contributed by atoms with Gasteiger partial charge in [-0.05, 0) is 51.2 Å². The van der Waals surface area contributed by atoms with E-state index in [0.29, 0.717) is 29.3 Å². The van der Waals surface area contributed by atoms with Crippen molar-refractivity contribution in [2.75, 3.05) is 6.61 Å². The standard InChI is InChI=1S/C32H46N4O9/c1-7-8-11-14-44-27(38)17-25(30(41)42)34-29(40)24(16-21-18-36(19-37)26-13-10-9-12-22(21)26)33-28(39)23(15-20(2)3)35-31(43)45-32(4,5)6/h9-10,12-13,18-20,23-25H,7-8,11,14-17H2,1-6H3,(H,33,39)(H,34,40)(H,35,43)(H,41,42). The van der Waals surface area contributed by atoms with E-state index in [1.807, 2.05) is 20.8 Å². The monoisotopic (exact) mass is 630 g/mol. The largest absolute Gasteiger partial charge is 0.480 e. The molecule has 248 valence electrons. The number of nitrogens with one attached hydrogen (secondary N) is 3. The second-order valence-electron chi connectivity index (χ2n) is 12.3. The van der Waals surface area contributed by atoms with Crippen molar-refractivity contribution >= 4 is 47.2 Å². The third-order valence-corrected chi connectivity index (χ3v) is 6.70. The van der Waals surface area contributed by atoms with Crippen LogP contribution in [0, 0.1) is 5.92 Å². The average Bonchev–Trinajstić information content (AvgIpc) is 3.30. The summed E-state index contributed by atoms with van der Waals surface area (Å²) in [6, 6.07) is 2.91. The lowest BCUT2D eigenvalue weighted by Crippen LogP contribution is -2.57. The molecule has 0 saturated carbocycles. The van der Waals surface area contributed by atoms with Crippen molar-refractivity contribution in [1.82, 2.24) is 20.5 Å². The molecule has 1 heterocycles. The number of hydrogen-bond donors (Lipinski definition) is 4. The molecule has 2 rings (SSSR count). The first-order valence-electron chi connectivity index (χ1n) is 15.2. The van der Waals surface area contributed by atoms with Gasteiger partial charge in [0, 0.05) is 18.0 Å². The van der Waals surface area contributed by atoms with Crippen LogP contribution in [0.4, 0.5) is 4.79 Å². The van der Waals surface area contributed by atoms with Crippen LogP contribution in [-0.4, -0.2) is 76.3 Å². The maximum atomic E-state index is 13.6. The molecule has 0 aliphatic heterocycles. The van der Waals surface area contributed by atoms with E-state index < -0.39 is 60.0 Å². The topological polar surface area (TPSA) is 182 Å². The minimum absolute atomic E-state index is 0.0340. The van der Waals surface area contributed by atoms with E-state index in [-0.39, 0.29) is 25.4 Å². The highest BCUT2D eigenvalue weighted by Crippen LogP contribution is 2.22. The number of esters is 1. The Morgan fingerprint density at radius 2 is 1.60 bits per heavy atom. The van der Waals surface area contributed by atoms with Crippen LogP contribution in [0.5, 0.6) is 0 Å². The number of nitrogens with zero attached hydrogens (tertiary/aromatic N) is 1. The number of alkyl carbamates (subject to hydrolysis) is 1. The summed E-state index contributed by atoms with van der Waals surface area (Å²) < 4.78 is 11.8. The Hall–Kier alpha value is -4.42. The molecule has 0 spiro atoms. The predicted molar refractivity (Wildman–Crippen MR) is 167 cm³/mol. The molecule has 2 aromatic rings. The van der Waals surface area contributed by atoms with Gasteiger partial charge < -0.3 is 30.5 Å². The molecular formula is C32H46N4O9. The SMILES string of the molecule is CCCCCOC(=O)CC(NC(=O)C(Cc1cn(C=O)c2ccccc12)NC(=O)C(CC(C)C)NC(=O)OC(C)(C)C)C(=O)O. The minimum Gasteiger partial charge on any atom is -0.480 e. The molecule has 1 aromatic heterocycles. The zero-order valence-corrected chi connectivity index (χ0v) is 26.9. The Morgan fingerprint density at radius 3 is 2.20 bits per heavy atom. The lowest BCUT2D eigenvalue weighted by Gasteiger charge is -2.26. The van der Waals surface area contributed by atoms with Crippen molar-refractivity contribution in [2.45, 2.75) is 104 Å². The summed E-state index contributed by atoms with van der Waals surface area (Å²) in [6.45, 7) is 10.9. The maximum Gasteiger partial charge on any atom is 0.408 e. The number of benzene rings is 1. The van der Waals surface area contributed by atoms with Gasteiger partial charge in [0.2, 0.25) is 18.2 Å². The summed E-state index contributed by atoms with van der Waals surface area (Å²) >= 11 is 0. The molecule has 13 heteroatoms. The zero-order chi connectivity index (χ0) is 33.7. The summed E-state index contributed by atoms with van der Waals surface area (Å²) in [5, 5.41) is 18.0. The number of amides is 3. The second-order valence-corrected chi connectivity index (χ2v) is 12.3. The van der Waals surface area contributed by atoms with Gasteiger partial charge in [0.05, 0.1) is 18.5 Å². The Bertz CT molecular complexity index is 1350. The van der Waals surface area contributed by atoms with E-state index in [4.69, 9.17) is 9.47 Å². The summed E-state index contributed by atoms with van der Waals surface area (Å²) in [5.74, 6) is -3.85. The number of fused-ring (bicyclic) bond motifs is 1. The normalized spacial score (nSPS) is 13.4. The molecule has 45 heavy (non-hydrogen) atoms. The van der Waals surface area contributed by atoms with Crippen molar-refractivity contribution in [3.8, 4) is 0 Å². The van der Waals surface area contributed by atoms with Crippen molar-refractivity contribution in [3.05, 3.63) is 36.0 Å². The van der Waals surface area contributed by atoms with E-state index >= 15 is 0 Å². The van der Waals surface area contributed by atoms with Crippen LogP contribution in [-0.2, 0) is 39.9 Å². The molecule has 0 radical (unpaired) electrons. The molecule has 4 N–H and O–H groups in total. The van der Waals surface area contributed by atoms with Crippen molar-refractivity contribution < 1.29 is 43.3 Å². The molecule has 0 aliphatic rings. The Balaban J connectivity index is 2.36. The number of ether oxygens (including phenoxy) is 2. The highest BCUT2D eigenvalue weighted by Gasteiger charge is 2.32. The van der Waals surface area contributed by atoms with Crippen LogP contribution in [0.3, 0.4) is 0 Å². The van der Waals surface area contributed by atoms with Gasteiger partial charge in [-0.2, -0.15) is 0 Å². The second kappa shape index (κ2) is 17.2. The van der Waals surface area contributed by atoms with Gasteiger partial charge >= 0.3 is 18.0 Å².